The van der Waals surface area contributed by atoms with E-state index in [1.807, 2.05) is 6.08 Å². The van der Waals surface area contributed by atoms with Crippen LogP contribution in [0.5, 0.6) is 5.75 Å². The van der Waals surface area contributed by atoms with Gasteiger partial charge in [-0.3, -0.25) is 0 Å². The van der Waals surface area contributed by atoms with Crippen molar-refractivity contribution in [3.63, 3.8) is 0 Å². The van der Waals surface area contributed by atoms with Crippen molar-refractivity contribution in [1.29, 1.82) is 0 Å². The molecule has 0 aliphatic heterocycles. The molecule has 0 radical (unpaired) electrons. The maximum Gasteiger partial charge on any atom is 0.192 e. The second kappa shape index (κ2) is 7.57. The van der Waals surface area contributed by atoms with Crippen LogP contribution in [0.25, 0.3) is 0 Å². The molecule has 0 aromatic heterocycles. The maximum absolute atomic E-state index is 13.5. The normalized spacial score (nSPS) is 12.9. The van der Waals surface area contributed by atoms with Crippen molar-refractivity contribution < 1.29 is 17.9 Å². The van der Waals surface area contributed by atoms with Crippen molar-refractivity contribution >= 4 is 19.9 Å². The Morgan fingerprint density at radius 2 is 1.64 bits per heavy atom. The van der Waals surface area contributed by atoms with Crippen molar-refractivity contribution in [2.24, 2.45) is 0 Å². The molecule has 0 unspecified atom stereocenters. The zero-order chi connectivity index (χ0) is 17.0. The molecule has 0 saturated heterocycles. The van der Waals surface area contributed by atoms with Crippen LogP contribution in [-0.2, 0) is 4.43 Å². The Balaban J connectivity index is 2.48. The predicted molar refractivity (Wildman–Crippen MR) is 89.2 cm³/mol. The lowest BCUT2D eigenvalue weighted by molar-refractivity contribution is 0.321. The molecule has 0 atom stereocenters. The Kier molecular flexibility index (Phi) is 6.59. The first-order valence-corrected chi connectivity index (χ1v) is 10.4. The third-order valence-electron chi connectivity index (χ3n) is 3.84. The van der Waals surface area contributed by atoms with Crippen LogP contribution in [0.1, 0.15) is 20.8 Å². The van der Waals surface area contributed by atoms with Crippen LogP contribution in [0.2, 0.25) is 23.2 Å². The Hall–Kier alpha value is -0.913. The van der Waals surface area contributed by atoms with Gasteiger partial charge in [0, 0.05) is 0 Å². The number of halogens is 3. The monoisotopic (exact) mass is 348 g/mol. The van der Waals surface area contributed by atoms with E-state index in [4.69, 9.17) is 20.8 Å². The number of hydrogen-bond donors (Lipinski definition) is 0. The van der Waals surface area contributed by atoms with Crippen molar-refractivity contribution in [3.05, 3.63) is 40.9 Å². The highest BCUT2D eigenvalue weighted by Gasteiger charge is 2.36. The minimum atomic E-state index is -1.78. The molecular weight excluding hydrogens is 326 g/mol. The highest BCUT2D eigenvalue weighted by atomic mass is 35.5. The fourth-order valence-electron chi connectivity index (χ4n) is 1.38. The van der Waals surface area contributed by atoms with E-state index in [1.54, 1.807) is 6.08 Å². The third-order valence-corrected chi connectivity index (χ3v) is 8.69. The summed E-state index contributed by atoms with van der Waals surface area (Å²) in [5, 5.41) is -0.193. The molecule has 0 bridgehead atoms. The highest BCUT2D eigenvalue weighted by Crippen LogP contribution is 2.36. The molecule has 0 spiro atoms. The van der Waals surface area contributed by atoms with Crippen LogP contribution in [0, 0.1) is 11.6 Å². The molecule has 6 heteroatoms. The van der Waals surface area contributed by atoms with E-state index in [9.17, 15) is 8.78 Å². The first-order valence-electron chi connectivity index (χ1n) is 7.11. The fourth-order valence-corrected chi connectivity index (χ4v) is 2.53. The SMILES string of the molecule is CC(C)(C)[Si](C)(C)OC/C=C\COc1c(F)ccc(F)c1Cl. The van der Waals surface area contributed by atoms with Crippen molar-refractivity contribution in [2.75, 3.05) is 13.2 Å². The summed E-state index contributed by atoms with van der Waals surface area (Å²) in [6.45, 7) is 11.4. The van der Waals surface area contributed by atoms with Gasteiger partial charge in [0.2, 0.25) is 0 Å². The smallest absolute Gasteiger partial charge is 0.192 e. The molecule has 0 N–H and O–H groups in total. The van der Waals surface area contributed by atoms with Gasteiger partial charge in [-0.15, -0.1) is 0 Å². The molecule has 124 valence electrons. The van der Waals surface area contributed by atoms with E-state index in [2.05, 4.69) is 33.9 Å². The summed E-state index contributed by atoms with van der Waals surface area (Å²) in [4.78, 5) is 0. The average Bonchev–Trinajstić information content (AvgIpc) is 2.40. The number of ether oxygens (including phenoxy) is 1. The third kappa shape index (κ3) is 5.07. The summed E-state index contributed by atoms with van der Waals surface area (Å²) in [5.74, 6) is -1.66. The van der Waals surface area contributed by atoms with Crippen LogP contribution in [0.4, 0.5) is 8.78 Å². The molecule has 0 amide bonds. The number of rotatable bonds is 6. The van der Waals surface area contributed by atoms with Crippen LogP contribution < -0.4 is 4.74 Å². The van der Waals surface area contributed by atoms with E-state index >= 15 is 0 Å². The second-order valence-electron chi connectivity index (χ2n) is 6.53. The Morgan fingerprint density at radius 3 is 2.23 bits per heavy atom. The van der Waals surface area contributed by atoms with Gasteiger partial charge in [0.1, 0.15) is 17.4 Å². The van der Waals surface area contributed by atoms with Gasteiger partial charge >= 0.3 is 0 Å². The molecule has 0 saturated carbocycles. The molecule has 2 nitrogen and oxygen atoms in total. The largest absolute Gasteiger partial charge is 0.485 e. The van der Waals surface area contributed by atoms with Crippen LogP contribution in [0.15, 0.2) is 24.3 Å². The summed E-state index contributed by atoms with van der Waals surface area (Å²) in [6, 6.07) is 1.95. The second-order valence-corrected chi connectivity index (χ2v) is 11.7. The zero-order valence-electron chi connectivity index (χ0n) is 13.7. The van der Waals surface area contributed by atoms with Crippen molar-refractivity contribution in [2.45, 2.75) is 38.9 Å². The molecule has 22 heavy (non-hydrogen) atoms. The zero-order valence-corrected chi connectivity index (χ0v) is 15.4. The Labute approximate surface area is 137 Å². The van der Waals surface area contributed by atoms with Gasteiger partial charge < -0.3 is 9.16 Å². The Bertz CT molecular complexity index is 540. The van der Waals surface area contributed by atoms with Crippen molar-refractivity contribution in [1.82, 2.24) is 0 Å². The molecule has 0 heterocycles. The van der Waals surface area contributed by atoms with E-state index in [0.29, 0.717) is 6.61 Å². The molecule has 0 aliphatic rings. The van der Waals surface area contributed by atoms with Crippen molar-refractivity contribution in [3.8, 4) is 5.75 Å². The van der Waals surface area contributed by atoms with E-state index in [1.165, 1.54) is 0 Å². The van der Waals surface area contributed by atoms with Crippen LogP contribution in [-0.4, -0.2) is 21.5 Å². The van der Waals surface area contributed by atoms with Gasteiger partial charge in [0.25, 0.3) is 0 Å². The predicted octanol–water partition coefficient (Wildman–Crippen LogP) is 5.58. The summed E-state index contributed by atoms with van der Waals surface area (Å²) < 4.78 is 37.8. The van der Waals surface area contributed by atoms with Gasteiger partial charge in [-0.1, -0.05) is 38.4 Å². The van der Waals surface area contributed by atoms with Gasteiger partial charge in [-0.2, -0.15) is 0 Å². The average molecular weight is 349 g/mol. The van der Waals surface area contributed by atoms with E-state index in [0.717, 1.165) is 12.1 Å². The quantitative estimate of drug-likeness (QED) is 0.380. The Morgan fingerprint density at radius 1 is 1.09 bits per heavy atom. The lowest BCUT2D eigenvalue weighted by Crippen LogP contribution is -2.40. The number of hydrogen-bond acceptors (Lipinski definition) is 2. The molecule has 0 aliphatic carbocycles. The minimum absolute atomic E-state index is 0.0982. The molecular formula is C16H23ClF2O2Si. The van der Waals surface area contributed by atoms with E-state index < -0.39 is 20.0 Å². The molecule has 1 rings (SSSR count). The minimum Gasteiger partial charge on any atom is -0.485 e. The molecule has 1 aromatic carbocycles. The molecule has 0 fully saturated rings. The summed E-state index contributed by atoms with van der Waals surface area (Å²) >= 11 is 5.67. The maximum atomic E-state index is 13.5. The standard InChI is InChI=1S/C16H23ClF2O2Si/c1-16(2,3)22(4,5)21-11-7-6-10-20-15-13(19)9-8-12(18)14(15)17/h6-9H,10-11H2,1-5H3/b7-6-. The van der Waals surface area contributed by atoms with Gasteiger partial charge in [0.05, 0.1) is 6.61 Å². The summed E-state index contributed by atoms with van der Waals surface area (Å²) in [5.41, 5.74) is 0. The van der Waals surface area contributed by atoms with Gasteiger partial charge in [-0.05, 0) is 36.3 Å². The highest BCUT2D eigenvalue weighted by molar-refractivity contribution is 6.74. The van der Waals surface area contributed by atoms with Gasteiger partial charge in [0.15, 0.2) is 19.9 Å². The fraction of sp³-hybridized carbons (Fsp3) is 0.500. The first-order chi connectivity index (χ1) is 10.1. The first kappa shape index (κ1) is 19.1. The van der Waals surface area contributed by atoms with Crippen LogP contribution >= 0.6 is 11.6 Å². The van der Waals surface area contributed by atoms with Crippen LogP contribution in [0.3, 0.4) is 0 Å². The lowest BCUT2D eigenvalue weighted by Gasteiger charge is -2.35. The topological polar surface area (TPSA) is 18.5 Å². The summed E-state index contributed by atoms with van der Waals surface area (Å²) in [7, 11) is -1.78. The van der Waals surface area contributed by atoms with E-state index in [-0.39, 0.29) is 22.4 Å². The molecule has 1 aromatic rings. The van der Waals surface area contributed by atoms with Gasteiger partial charge in [-0.25, -0.2) is 8.78 Å². The summed E-state index contributed by atoms with van der Waals surface area (Å²) in [6.07, 6.45) is 3.51. The lowest BCUT2D eigenvalue weighted by atomic mass is 10.2. The number of benzene rings is 1.